The van der Waals surface area contributed by atoms with E-state index in [0.29, 0.717) is 5.56 Å². The zero-order valence-corrected chi connectivity index (χ0v) is 23.2. The first-order chi connectivity index (χ1) is 19.0. The molecule has 2 aromatic rings. The van der Waals surface area contributed by atoms with Gasteiger partial charge in [0.05, 0.1) is 17.3 Å². The Morgan fingerprint density at radius 3 is 2.41 bits per heavy atom. The molecule has 41 heavy (non-hydrogen) atoms. The molecule has 0 unspecified atom stereocenters. The van der Waals surface area contributed by atoms with Gasteiger partial charge in [-0.3, -0.25) is 24.0 Å². The Kier molecular flexibility index (Phi) is 6.32. The summed E-state index contributed by atoms with van der Waals surface area (Å²) in [6, 6.07) is 1.57. The minimum Gasteiger partial charge on any atom is -0.508 e. The zero-order chi connectivity index (χ0) is 30.3. The van der Waals surface area contributed by atoms with Crippen LogP contribution in [0.4, 0.5) is 5.69 Å². The van der Waals surface area contributed by atoms with Gasteiger partial charge in [0.2, 0.25) is 5.78 Å². The smallest absolute Gasteiger partial charge is 0.267 e. The van der Waals surface area contributed by atoms with Crippen molar-refractivity contribution in [3.63, 3.8) is 0 Å². The minimum atomic E-state index is -4.29. The number of anilines is 1. The number of aliphatic hydroxyl groups is 3. The molecule has 1 saturated carbocycles. The maximum atomic E-state index is 13.9. The number of aliphatic hydroxyl groups excluding tert-OH is 2. The Morgan fingerprint density at radius 2 is 1.85 bits per heavy atom. The molecular formula is C26H28N4O10S. The molecule has 4 atom stereocenters. The van der Waals surface area contributed by atoms with Crippen LogP contribution < -0.4 is 10.5 Å². The molecule has 1 heterocycles. The highest BCUT2D eigenvalue weighted by molar-refractivity contribution is 7.92. The van der Waals surface area contributed by atoms with Crippen molar-refractivity contribution in [1.29, 1.82) is 0 Å². The fraction of sp³-hybridized carbons (Fsp3) is 0.385. The molecule has 0 radical (unpaired) electrons. The number of aryl methyl sites for hydroxylation is 2. The minimum absolute atomic E-state index is 0.0149. The molecule has 14 nitrogen and oxygen atoms in total. The number of nitrogens with one attached hydrogen (secondary N) is 1. The number of carbonyl (C=O) groups is 3. The highest BCUT2D eigenvalue weighted by atomic mass is 32.2. The molecule has 15 heteroatoms. The van der Waals surface area contributed by atoms with Crippen LogP contribution in [0.2, 0.25) is 0 Å². The molecule has 0 bridgehead atoms. The Balaban J connectivity index is 1.64. The molecule has 1 aromatic carbocycles. The quantitative estimate of drug-likeness (QED) is 0.205. The second-order valence-electron chi connectivity index (χ2n) is 10.7. The van der Waals surface area contributed by atoms with E-state index in [1.807, 2.05) is 0 Å². The molecule has 1 amide bonds. The third kappa shape index (κ3) is 3.87. The normalized spacial score (nSPS) is 26.1. The summed E-state index contributed by atoms with van der Waals surface area (Å²) in [5, 5.41) is 48.6. The van der Waals surface area contributed by atoms with E-state index in [-0.39, 0.29) is 46.0 Å². The number of rotatable bonds is 5. The van der Waals surface area contributed by atoms with Crippen molar-refractivity contribution < 1.29 is 47.8 Å². The Hall–Kier alpha value is -4.21. The van der Waals surface area contributed by atoms with Crippen LogP contribution >= 0.6 is 0 Å². The Bertz CT molecular complexity index is 1700. The van der Waals surface area contributed by atoms with E-state index < -0.39 is 73.8 Å². The van der Waals surface area contributed by atoms with Gasteiger partial charge in [-0.1, -0.05) is 11.2 Å². The van der Waals surface area contributed by atoms with Gasteiger partial charge in [0, 0.05) is 11.5 Å². The number of nitrogens with two attached hydrogens (primary N) is 1. The van der Waals surface area contributed by atoms with E-state index in [2.05, 4.69) is 9.88 Å². The third-order valence-electron chi connectivity index (χ3n) is 8.07. The number of primary amides is 1. The number of benzene rings is 1. The number of phenols is 1. The average molecular weight is 589 g/mol. The molecule has 1 aromatic heterocycles. The number of hydrogen-bond acceptors (Lipinski definition) is 12. The van der Waals surface area contributed by atoms with Gasteiger partial charge in [-0.05, 0) is 58.3 Å². The maximum absolute atomic E-state index is 13.9. The highest BCUT2D eigenvalue weighted by Crippen LogP contribution is 2.53. The van der Waals surface area contributed by atoms with E-state index in [1.54, 1.807) is 0 Å². The largest absolute Gasteiger partial charge is 0.508 e. The first kappa shape index (κ1) is 28.3. The predicted octanol–water partition coefficient (Wildman–Crippen LogP) is 0.370. The number of hydrogen-bond donors (Lipinski definition) is 6. The second-order valence-corrected chi connectivity index (χ2v) is 12.3. The fourth-order valence-corrected chi connectivity index (χ4v) is 7.75. The summed E-state index contributed by atoms with van der Waals surface area (Å²) in [6.07, 6.45) is 0.00590. The van der Waals surface area contributed by atoms with Crippen LogP contribution in [0.3, 0.4) is 0 Å². The molecular weight excluding hydrogens is 560 g/mol. The summed E-state index contributed by atoms with van der Waals surface area (Å²) >= 11 is 0. The van der Waals surface area contributed by atoms with Gasteiger partial charge in [0.15, 0.2) is 27.8 Å². The van der Waals surface area contributed by atoms with Gasteiger partial charge < -0.3 is 30.7 Å². The van der Waals surface area contributed by atoms with Crippen LogP contribution in [0, 0.1) is 25.7 Å². The number of aromatic hydroxyl groups is 1. The van der Waals surface area contributed by atoms with Crippen LogP contribution in [0.1, 0.15) is 29.0 Å². The monoisotopic (exact) mass is 588 g/mol. The lowest BCUT2D eigenvalue weighted by Gasteiger charge is -2.50. The van der Waals surface area contributed by atoms with Crippen molar-refractivity contribution in [3.8, 4) is 5.75 Å². The van der Waals surface area contributed by atoms with E-state index in [4.69, 9.17) is 10.3 Å². The summed E-state index contributed by atoms with van der Waals surface area (Å²) in [5.41, 5.74) is 1.17. The Morgan fingerprint density at radius 1 is 1.20 bits per heavy atom. The molecule has 0 aliphatic heterocycles. The Labute approximate surface area is 233 Å². The fourth-order valence-electron chi connectivity index (χ4n) is 6.36. The molecule has 3 aliphatic carbocycles. The second kappa shape index (κ2) is 9.15. The van der Waals surface area contributed by atoms with Crippen LogP contribution in [0.25, 0.3) is 5.76 Å². The number of likely N-dealkylation sites (N-methyl/N-ethyl adjacent to an activating group) is 1. The summed E-state index contributed by atoms with van der Waals surface area (Å²) in [4.78, 5) is 40.3. The molecule has 7 N–H and O–H groups in total. The number of amides is 1. The number of Topliss-reactive ketones (excluding diaryl/α,β-unsaturated/α-hetero) is 2. The number of sulfonamides is 1. The average Bonchev–Trinajstić information content (AvgIpc) is 3.21. The summed E-state index contributed by atoms with van der Waals surface area (Å²) < 4.78 is 33.2. The molecule has 0 saturated heterocycles. The highest BCUT2D eigenvalue weighted by Gasteiger charge is 2.64. The topological polar surface area (TPSA) is 234 Å². The van der Waals surface area contributed by atoms with Crippen LogP contribution in [0.15, 0.2) is 38.5 Å². The molecule has 5 rings (SSSR count). The first-order valence-corrected chi connectivity index (χ1v) is 14.0. The number of aromatic nitrogens is 1. The predicted molar refractivity (Wildman–Crippen MR) is 141 cm³/mol. The zero-order valence-electron chi connectivity index (χ0n) is 22.4. The lowest BCUT2D eigenvalue weighted by molar-refractivity contribution is -0.153. The van der Waals surface area contributed by atoms with Gasteiger partial charge in [-0.15, -0.1) is 0 Å². The van der Waals surface area contributed by atoms with Gasteiger partial charge in [0.25, 0.3) is 15.9 Å². The van der Waals surface area contributed by atoms with E-state index >= 15 is 0 Å². The van der Waals surface area contributed by atoms with Crippen LogP contribution in [-0.4, -0.2) is 82.1 Å². The van der Waals surface area contributed by atoms with Gasteiger partial charge in [0.1, 0.15) is 22.8 Å². The van der Waals surface area contributed by atoms with Crippen molar-refractivity contribution in [2.45, 2.75) is 43.2 Å². The summed E-state index contributed by atoms with van der Waals surface area (Å²) in [6.45, 7) is 2.82. The standard InChI is InChI=1S/C26H28N4O10S/c1-9-22(10(2)40-28-9)41(38,39)29-14-6-5-11-7-12-8-13-18(30(3)4)21(33)17(25(27)36)24(35)26(13,37)23(34)16(12)20(32)15(11)19(14)31/h5-6,12-13,18,29,31-32,35,37H,7-8H2,1-4H3,(H2,27,36)/t12-,13-,18-,26-/m0/s1. The van der Waals surface area contributed by atoms with Crippen molar-refractivity contribution in [3.05, 3.63) is 51.6 Å². The maximum Gasteiger partial charge on any atom is 0.267 e. The SMILES string of the molecule is Cc1noc(C)c1S(=O)(=O)Nc1ccc2c(c1O)C(O)=C1C(=O)[C@]3(O)C(O)=C(C(N)=O)C(=O)[C@@H](N(C)C)[C@@H]3C[C@@H]1C2. The molecule has 1 fully saturated rings. The lowest BCUT2D eigenvalue weighted by Crippen LogP contribution is -2.65. The van der Waals surface area contributed by atoms with Crippen molar-refractivity contribution in [2.75, 3.05) is 18.8 Å². The van der Waals surface area contributed by atoms with E-state index in [0.717, 1.165) is 0 Å². The van der Waals surface area contributed by atoms with Crippen molar-refractivity contribution >= 4 is 38.9 Å². The van der Waals surface area contributed by atoms with Gasteiger partial charge >= 0.3 is 0 Å². The number of phenolic OH excluding ortho intramolecular Hbond substituents is 1. The van der Waals surface area contributed by atoms with E-state index in [1.165, 1.54) is 45.0 Å². The van der Waals surface area contributed by atoms with Gasteiger partial charge in [-0.25, -0.2) is 8.42 Å². The number of carbonyl (C=O) groups excluding carboxylic acids is 3. The molecule has 3 aliphatic rings. The molecule has 0 spiro atoms. The lowest BCUT2D eigenvalue weighted by atomic mass is 9.57. The van der Waals surface area contributed by atoms with Gasteiger partial charge in [-0.2, -0.15) is 0 Å². The van der Waals surface area contributed by atoms with Crippen LogP contribution in [-0.2, 0) is 30.8 Å². The van der Waals surface area contributed by atoms with Crippen molar-refractivity contribution in [2.24, 2.45) is 17.6 Å². The number of nitrogens with zero attached hydrogens (tertiary/aromatic N) is 2. The molecule has 218 valence electrons. The summed E-state index contributed by atoms with van der Waals surface area (Å²) in [5.74, 6) is -7.90. The number of ketones is 2. The summed E-state index contributed by atoms with van der Waals surface area (Å²) in [7, 11) is -1.27. The van der Waals surface area contributed by atoms with Crippen LogP contribution in [0.5, 0.6) is 5.75 Å². The van der Waals surface area contributed by atoms with Crippen molar-refractivity contribution in [1.82, 2.24) is 10.1 Å². The number of fused-ring (bicyclic) bond motifs is 3. The third-order valence-corrected chi connectivity index (χ3v) is 9.68. The van der Waals surface area contributed by atoms with E-state index in [9.17, 15) is 43.2 Å². The first-order valence-electron chi connectivity index (χ1n) is 12.5.